The lowest BCUT2D eigenvalue weighted by molar-refractivity contribution is 0.0930. The van der Waals surface area contributed by atoms with Crippen LogP contribution in [0.5, 0.6) is 0 Å². The van der Waals surface area contributed by atoms with Crippen LogP contribution in [0.1, 0.15) is 41.7 Å². The van der Waals surface area contributed by atoms with Crippen molar-refractivity contribution in [3.05, 3.63) is 53.3 Å². The standard InChI is InChI=1S/C19H18N4OS2/c24-17(13-1-2-14-10-20-8-5-12(14)9-13)22-19(6-7-19)16-11-25-18(21-16)23-26-15-3-4-15/h1-2,5,8-11,15H,3-4,6-7H2,(H,21,23)(H,22,24). The van der Waals surface area contributed by atoms with E-state index in [2.05, 4.69) is 20.4 Å². The summed E-state index contributed by atoms with van der Waals surface area (Å²) in [5.41, 5.74) is 1.35. The third kappa shape index (κ3) is 3.17. The lowest BCUT2D eigenvalue weighted by atomic mass is 10.1. The van der Waals surface area contributed by atoms with Crippen molar-refractivity contribution in [2.75, 3.05) is 4.72 Å². The van der Waals surface area contributed by atoms with Gasteiger partial charge in [0, 0.05) is 34.0 Å². The summed E-state index contributed by atoms with van der Waals surface area (Å²) in [5.74, 6) is -0.0453. The Morgan fingerprint density at radius 2 is 2.12 bits per heavy atom. The van der Waals surface area contributed by atoms with Gasteiger partial charge in [-0.05, 0) is 61.2 Å². The molecule has 5 nitrogen and oxygen atoms in total. The minimum atomic E-state index is -0.301. The van der Waals surface area contributed by atoms with Crippen LogP contribution < -0.4 is 10.0 Å². The molecule has 0 unspecified atom stereocenters. The number of anilines is 1. The summed E-state index contributed by atoms with van der Waals surface area (Å²) >= 11 is 3.37. The average molecular weight is 383 g/mol. The summed E-state index contributed by atoms with van der Waals surface area (Å²) in [6.45, 7) is 0. The monoisotopic (exact) mass is 382 g/mol. The first-order chi connectivity index (χ1) is 12.7. The average Bonchev–Trinajstić information content (AvgIpc) is 3.60. The van der Waals surface area contributed by atoms with Gasteiger partial charge in [-0.25, -0.2) is 4.98 Å². The van der Waals surface area contributed by atoms with Gasteiger partial charge in [0.2, 0.25) is 0 Å². The zero-order chi connectivity index (χ0) is 17.6. The minimum absolute atomic E-state index is 0.0453. The van der Waals surface area contributed by atoms with E-state index in [1.165, 1.54) is 12.8 Å². The molecule has 0 radical (unpaired) electrons. The molecule has 2 fully saturated rings. The molecule has 2 saturated carbocycles. The van der Waals surface area contributed by atoms with Gasteiger partial charge in [0.15, 0.2) is 5.13 Å². The summed E-state index contributed by atoms with van der Waals surface area (Å²) < 4.78 is 3.34. The second-order valence-corrected chi connectivity index (χ2v) is 8.90. The molecule has 2 N–H and O–H groups in total. The summed E-state index contributed by atoms with van der Waals surface area (Å²) in [7, 11) is 0. The van der Waals surface area contributed by atoms with Gasteiger partial charge in [0.25, 0.3) is 5.91 Å². The second-order valence-electron chi connectivity index (χ2n) is 6.93. The number of hydrogen-bond donors (Lipinski definition) is 2. The van der Waals surface area contributed by atoms with E-state index >= 15 is 0 Å². The van der Waals surface area contributed by atoms with E-state index in [9.17, 15) is 4.79 Å². The van der Waals surface area contributed by atoms with Crippen LogP contribution in [0.3, 0.4) is 0 Å². The maximum absolute atomic E-state index is 12.8. The van der Waals surface area contributed by atoms with Gasteiger partial charge in [0.05, 0.1) is 11.2 Å². The molecular weight excluding hydrogens is 364 g/mol. The molecule has 2 aliphatic rings. The van der Waals surface area contributed by atoms with Gasteiger partial charge in [-0.15, -0.1) is 11.3 Å². The molecule has 1 amide bonds. The van der Waals surface area contributed by atoms with Crippen LogP contribution >= 0.6 is 23.3 Å². The Bertz CT molecular complexity index is 978. The van der Waals surface area contributed by atoms with Crippen LogP contribution in [0.4, 0.5) is 5.13 Å². The van der Waals surface area contributed by atoms with Crippen molar-refractivity contribution < 1.29 is 4.79 Å². The van der Waals surface area contributed by atoms with Gasteiger partial charge in [0.1, 0.15) is 0 Å². The quantitative estimate of drug-likeness (QED) is 0.621. The van der Waals surface area contributed by atoms with Crippen LogP contribution in [0, 0.1) is 0 Å². The zero-order valence-corrected chi connectivity index (χ0v) is 15.7. The smallest absolute Gasteiger partial charge is 0.252 e. The maximum atomic E-state index is 12.8. The van der Waals surface area contributed by atoms with E-state index in [1.807, 2.05) is 30.5 Å². The predicted octanol–water partition coefficient (Wildman–Crippen LogP) is 4.33. The fourth-order valence-corrected chi connectivity index (χ4v) is 4.62. The Morgan fingerprint density at radius 1 is 1.23 bits per heavy atom. The number of amides is 1. The van der Waals surface area contributed by atoms with E-state index in [-0.39, 0.29) is 11.4 Å². The molecule has 7 heteroatoms. The third-order valence-electron chi connectivity index (χ3n) is 4.84. The summed E-state index contributed by atoms with van der Waals surface area (Å²) in [6.07, 6.45) is 8.01. The molecule has 2 aliphatic carbocycles. The van der Waals surface area contributed by atoms with Crippen molar-refractivity contribution in [2.24, 2.45) is 0 Å². The number of nitrogens with one attached hydrogen (secondary N) is 2. The number of carbonyl (C=O) groups is 1. The zero-order valence-electron chi connectivity index (χ0n) is 14.1. The number of pyridine rings is 1. The molecule has 0 atom stereocenters. The first-order valence-electron chi connectivity index (χ1n) is 8.76. The molecule has 0 saturated heterocycles. The maximum Gasteiger partial charge on any atom is 0.252 e. The Kier molecular flexibility index (Phi) is 3.86. The molecule has 132 valence electrons. The Hall–Kier alpha value is -2.12. The normalized spacial score (nSPS) is 17.8. The summed E-state index contributed by atoms with van der Waals surface area (Å²) in [6, 6.07) is 7.64. The van der Waals surface area contributed by atoms with Crippen LogP contribution in [-0.2, 0) is 5.54 Å². The van der Waals surface area contributed by atoms with E-state index in [1.54, 1.807) is 29.5 Å². The number of nitrogens with zero attached hydrogens (tertiary/aromatic N) is 2. The lowest BCUT2D eigenvalue weighted by Crippen LogP contribution is -2.35. The van der Waals surface area contributed by atoms with Crippen LogP contribution in [0.25, 0.3) is 10.8 Å². The fraction of sp³-hybridized carbons (Fsp3) is 0.316. The molecule has 0 aliphatic heterocycles. The fourth-order valence-electron chi connectivity index (χ4n) is 2.94. The molecule has 3 aromatic rings. The number of carbonyl (C=O) groups excluding carboxylic acids is 1. The predicted molar refractivity (Wildman–Crippen MR) is 106 cm³/mol. The molecule has 2 aromatic heterocycles. The highest BCUT2D eigenvalue weighted by Gasteiger charge is 2.47. The van der Waals surface area contributed by atoms with Crippen molar-refractivity contribution >= 4 is 45.1 Å². The third-order valence-corrected chi connectivity index (χ3v) is 6.84. The highest BCUT2D eigenvalue weighted by atomic mass is 32.2. The van der Waals surface area contributed by atoms with Crippen molar-refractivity contribution in [3.63, 3.8) is 0 Å². The summed E-state index contributed by atoms with van der Waals surface area (Å²) in [4.78, 5) is 21.6. The van der Waals surface area contributed by atoms with Gasteiger partial charge < -0.3 is 10.0 Å². The first-order valence-corrected chi connectivity index (χ1v) is 10.5. The minimum Gasteiger partial charge on any atom is -0.341 e. The van der Waals surface area contributed by atoms with Crippen LogP contribution in [0.15, 0.2) is 42.0 Å². The highest BCUT2D eigenvalue weighted by molar-refractivity contribution is 8.01. The topological polar surface area (TPSA) is 66.9 Å². The van der Waals surface area contributed by atoms with Crippen LogP contribution in [-0.4, -0.2) is 21.1 Å². The number of aromatic nitrogens is 2. The van der Waals surface area contributed by atoms with Gasteiger partial charge >= 0.3 is 0 Å². The largest absolute Gasteiger partial charge is 0.341 e. The van der Waals surface area contributed by atoms with Crippen molar-refractivity contribution in [1.29, 1.82) is 0 Å². The summed E-state index contributed by atoms with van der Waals surface area (Å²) in [5, 5.41) is 9.00. The molecule has 0 bridgehead atoms. The second kappa shape index (κ2) is 6.25. The van der Waals surface area contributed by atoms with Gasteiger partial charge in [-0.2, -0.15) is 0 Å². The van der Waals surface area contributed by atoms with Crippen LogP contribution in [0.2, 0.25) is 0 Å². The molecule has 5 rings (SSSR count). The Morgan fingerprint density at radius 3 is 2.92 bits per heavy atom. The first kappa shape index (κ1) is 16.1. The van der Waals surface area contributed by atoms with E-state index < -0.39 is 0 Å². The molecular formula is C19H18N4OS2. The highest BCUT2D eigenvalue weighted by Crippen LogP contribution is 2.46. The molecule has 2 heterocycles. The van der Waals surface area contributed by atoms with E-state index in [0.29, 0.717) is 5.56 Å². The number of fused-ring (bicyclic) bond motifs is 1. The van der Waals surface area contributed by atoms with Crippen molar-refractivity contribution in [3.8, 4) is 0 Å². The Labute approximate surface area is 159 Å². The van der Waals surface area contributed by atoms with Crippen molar-refractivity contribution in [2.45, 2.75) is 36.5 Å². The molecule has 26 heavy (non-hydrogen) atoms. The van der Waals surface area contributed by atoms with Gasteiger partial charge in [-0.3, -0.25) is 9.78 Å². The lowest BCUT2D eigenvalue weighted by Gasteiger charge is -2.15. The number of hydrogen-bond acceptors (Lipinski definition) is 6. The van der Waals surface area contributed by atoms with Crippen molar-refractivity contribution in [1.82, 2.24) is 15.3 Å². The number of rotatable bonds is 6. The van der Waals surface area contributed by atoms with Gasteiger partial charge in [-0.1, -0.05) is 6.07 Å². The van der Waals surface area contributed by atoms with E-state index in [4.69, 9.17) is 4.98 Å². The number of thiazole rings is 1. The molecule has 1 aromatic carbocycles. The Balaban J connectivity index is 1.31. The van der Waals surface area contributed by atoms with E-state index in [0.717, 1.165) is 39.7 Å². The SMILES string of the molecule is O=C(NC1(c2csc(NSC3CC3)n2)CC1)c1ccc2cnccc2c1. The molecule has 0 spiro atoms. The number of benzene rings is 1.